The van der Waals surface area contributed by atoms with Crippen molar-refractivity contribution in [3.05, 3.63) is 75.0 Å². The van der Waals surface area contributed by atoms with E-state index in [1.165, 1.54) is 6.07 Å². The van der Waals surface area contributed by atoms with E-state index in [-0.39, 0.29) is 34.2 Å². The Morgan fingerprint density at radius 1 is 0.903 bits per heavy atom. The maximum Gasteiger partial charge on any atom is 0.294 e. The van der Waals surface area contributed by atoms with E-state index in [4.69, 9.17) is 9.15 Å². The first kappa shape index (κ1) is 22.0. The molecule has 6 heteroatoms. The minimum atomic E-state index is -0.490. The van der Waals surface area contributed by atoms with Crippen LogP contribution in [0.4, 0.5) is 0 Å². The van der Waals surface area contributed by atoms with Crippen LogP contribution < -0.4 is 10.2 Å². The highest BCUT2D eigenvalue weighted by atomic mass is 16.6. The largest absolute Gasteiger partial charge is 0.508 e. The van der Waals surface area contributed by atoms with Gasteiger partial charge in [0.25, 0.3) is 5.95 Å². The Balaban J connectivity index is 2.07. The van der Waals surface area contributed by atoms with E-state index < -0.39 is 5.43 Å². The third-order valence-corrected chi connectivity index (χ3v) is 4.75. The van der Waals surface area contributed by atoms with Gasteiger partial charge in [-0.25, -0.2) is 0 Å². The fourth-order valence-electron chi connectivity index (χ4n) is 3.11. The maximum absolute atomic E-state index is 12.7. The molecule has 2 aromatic carbocycles. The van der Waals surface area contributed by atoms with Crippen LogP contribution >= 0.6 is 0 Å². The van der Waals surface area contributed by atoms with Gasteiger partial charge in [-0.05, 0) is 58.7 Å². The summed E-state index contributed by atoms with van der Waals surface area (Å²) in [6.45, 7) is 7.78. The van der Waals surface area contributed by atoms with Crippen molar-refractivity contribution in [3.8, 4) is 28.9 Å². The van der Waals surface area contributed by atoms with E-state index in [1.807, 2.05) is 39.8 Å². The molecule has 0 saturated heterocycles. The second-order valence-electron chi connectivity index (χ2n) is 7.89. The molecule has 0 fully saturated rings. The molecule has 0 bridgehead atoms. The summed E-state index contributed by atoms with van der Waals surface area (Å²) in [6, 6.07) is 7.04. The zero-order valence-corrected chi connectivity index (χ0v) is 18.0. The van der Waals surface area contributed by atoms with Gasteiger partial charge >= 0.3 is 0 Å². The van der Waals surface area contributed by atoms with Crippen molar-refractivity contribution in [2.45, 2.75) is 40.5 Å². The lowest BCUT2D eigenvalue weighted by molar-refractivity contribution is 0.350. The van der Waals surface area contributed by atoms with E-state index in [1.54, 1.807) is 12.1 Å². The Labute approximate surface area is 180 Å². The number of aromatic hydroxyl groups is 3. The van der Waals surface area contributed by atoms with Crippen LogP contribution in [0.2, 0.25) is 0 Å². The quantitative estimate of drug-likeness (QED) is 0.439. The normalized spacial score (nSPS) is 10.7. The monoisotopic (exact) mass is 422 g/mol. The van der Waals surface area contributed by atoms with E-state index in [2.05, 4.69) is 0 Å². The lowest BCUT2D eigenvalue weighted by Gasteiger charge is -2.11. The number of rotatable bonds is 6. The predicted octanol–water partition coefficient (Wildman–Crippen LogP) is 5.72. The molecular formula is C25H26O6. The number of hydrogen-bond acceptors (Lipinski definition) is 6. The molecule has 162 valence electrons. The Morgan fingerprint density at radius 2 is 1.58 bits per heavy atom. The first-order chi connectivity index (χ1) is 14.7. The van der Waals surface area contributed by atoms with Gasteiger partial charge in [-0.1, -0.05) is 23.3 Å². The molecular weight excluding hydrogens is 396 g/mol. The Bertz CT molecular complexity index is 1240. The second-order valence-corrected chi connectivity index (χ2v) is 7.89. The molecule has 0 radical (unpaired) electrons. The van der Waals surface area contributed by atoms with Gasteiger partial charge in [0.1, 0.15) is 28.4 Å². The molecule has 3 aromatic rings. The summed E-state index contributed by atoms with van der Waals surface area (Å²) in [5.74, 6) is -0.0880. The van der Waals surface area contributed by atoms with Crippen LogP contribution in [0.25, 0.3) is 11.0 Å². The van der Waals surface area contributed by atoms with Crippen LogP contribution in [0.1, 0.15) is 38.8 Å². The van der Waals surface area contributed by atoms with E-state index >= 15 is 0 Å². The van der Waals surface area contributed by atoms with Crippen LogP contribution in [-0.4, -0.2) is 15.3 Å². The summed E-state index contributed by atoms with van der Waals surface area (Å²) in [6.07, 6.45) is 4.72. The van der Waals surface area contributed by atoms with Crippen molar-refractivity contribution in [1.29, 1.82) is 0 Å². The van der Waals surface area contributed by atoms with E-state index in [9.17, 15) is 20.1 Å². The molecule has 0 aliphatic rings. The highest BCUT2D eigenvalue weighted by Gasteiger charge is 2.18. The molecule has 31 heavy (non-hydrogen) atoms. The fraction of sp³-hybridized carbons (Fsp3) is 0.240. The van der Waals surface area contributed by atoms with Crippen molar-refractivity contribution >= 4 is 11.0 Å². The number of ether oxygens (including phenoxy) is 1. The number of benzene rings is 2. The topological polar surface area (TPSA) is 100 Å². The highest BCUT2D eigenvalue weighted by molar-refractivity contribution is 5.88. The van der Waals surface area contributed by atoms with Gasteiger partial charge in [-0.2, -0.15) is 0 Å². The third kappa shape index (κ3) is 5.09. The molecule has 0 aliphatic carbocycles. The molecule has 6 nitrogen and oxygen atoms in total. The number of phenols is 3. The molecule has 0 aliphatic heterocycles. The smallest absolute Gasteiger partial charge is 0.294 e. The zero-order valence-electron chi connectivity index (χ0n) is 18.0. The summed E-state index contributed by atoms with van der Waals surface area (Å²) in [5, 5.41) is 30.6. The molecule has 1 aromatic heterocycles. The summed E-state index contributed by atoms with van der Waals surface area (Å²) in [5.41, 5.74) is 2.78. The van der Waals surface area contributed by atoms with E-state index in [0.29, 0.717) is 29.7 Å². The summed E-state index contributed by atoms with van der Waals surface area (Å²) in [7, 11) is 0. The highest BCUT2D eigenvalue weighted by Crippen LogP contribution is 2.36. The molecule has 0 saturated carbocycles. The maximum atomic E-state index is 12.7. The Hall–Kier alpha value is -3.67. The number of phenolic OH excluding ortho intramolecular Hbond substituents is 3. The minimum absolute atomic E-state index is 0.0164. The van der Waals surface area contributed by atoms with Gasteiger partial charge < -0.3 is 24.5 Å². The van der Waals surface area contributed by atoms with Gasteiger partial charge in [0.15, 0.2) is 11.0 Å². The predicted molar refractivity (Wildman–Crippen MR) is 120 cm³/mol. The van der Waals surface area contributed by atoms with Gasteiger partial charge in [-0.3, -0.25) is 4.79 Å². The standard InChI is InChI=1S/C25H26O6/c1-14(2)5-7-16-11-17(8-10-19(16)26)30-23-13-22(29)24-21(28)12-20(27)18(25(24)31-23)9-6-15(3)4/h5-6,8,10-13,26-28H,7,9H2,1-4H3. The van der Waals surface area contributed by atoms with Crippen LogP contribution in [-0.2, 0) is 12.8 Å². The van der Waals surface area contributed by atoms with Crippen molar-refractivity contribution in [3.63, 3.8) is 0 Å². The van der Waals surface area contributed by atoms with Crippen LogP contribution in [0.5, 0.6) is 28.9 Å². The van der Waals surface area contributed by atoms with Crippen molar-refractivity contribution in [2.24, 2.45) is 0 Å². The number of fused-ring (bicyclic) bond motifs is 1. The Kier molecular flexibility index (Phi) is 6.39. The fourth-order valence-corrected chi connectivity index (χ4v) is 3.11. The van der Waals surface area contributed by atoms with Crippen molar-refractivity contribution < 1.29 is 24.5 Å². The zero-order chi connectivity index (χ0) is 22.7. The van der Waals surface area contributed by atoms with Gasteiger partial charge in [0.2, 0.25) is 0 Å². The lowest BCUT2D eigenvalue weighted by Crippen LogP contribution is -2.03. The van der Waals surface area contributed by atoms with Gasteiger partial charge in [-0.15, -0.1) is 0 Å². The third-order valence-electron chi connectivity index (χ3n) is 4.75. The molecule has 0 spiro atoms. The average Bonchev–Trinajstić information content (AvgIpc) is 2.67. The van der Waals surface area contributed by atoms with E-state index in [0.717, 1.165) is 23.3 Å². The molecule has 3 N–H and O–H groups in total. The SMILES string of the molecule is CC(C)=CCc1cc(Oc2cc(=O)c3c(O)cc(O)c(CC=C(C)C)c3o2)ccc1O. The van der Waals surface area contributed by atoms with Crippen molar-refractivity contribution in [2.75, 3.05) is 0 Å². The van der Waals surface area contributed by atoms with Crippen molar-refractivity contribution in [1.82, 2.24) is 0 Å². The summed E-state index contributed by atoms with van der Waals surface area (Å²) in [4.78, 5) is 12.7. The molecule has 0 atom stereocenters. The molecule has 3 rings (SSSR count). The number of hydrogen-bond donors (Lipinski definition) is 3. The number of allylic oxidation sites excluding steroid dienone is 4. The molecule has 1 heterocycles. The van der Waals surface area contributed by atoms with Gasteiger partial charge in [0, 0.05) is 17.2 Å². The summed E-state index contributed by atoms with van der Waals surface area (Å²) < 4.78 is 11.5. The van der Waals surface area contributed by atoms with Gasteiger partial charge in [0.05, 0.1) is 6.07 Å². The lowest BCUT2D eigenvalue weighted by atomic mass is 10.0. The van der Waals surface area contributed by atoms with Crippen LogP contribution in [0.3, 0.4) is 0 Å². The first-order valence-corrected chi connectivity index (χ1v) is 9.94. The minimum Gasteiger partial charge on any atom is -0.508 e. The molecule has 0 amide bonds. The van der Waals surface area contributed by atoms with Crippen LogP contribution in [0.15, 0.2) is 62.8 Å². The average molecular weight is 422 g/mol. The Morgan fingerprint density at radius 3 is 2.26 bits per heavy atom. The summed E-state index contributed by atoms with van der Waals surface area (Å²) >= 11 is 0. The van der Waals surface area contributed by atoms with Crippen LogP contribution in [0, 0.1) is 0 Å². The molecule has 0 unspecified atom stereocenters. The first-order valence-electron chi connectivity index (χ1n) is 9.94. The second kappa shape index (κ2) is 9.00.